The van der Waals surface area contributed by atoms with Gasteiger partial charge in [-0.2, -0.15) is 0 Å². The molecule has 0 aliphatic heterocycles. The Balaban J connectivity index is 2.48. The van der Waals surface area contributed by atoms with E-state index in [4.69, 9.17) is 18.9 Å². The van der Waals surface area contributed by atoms with Crippen molar-refractivity contribution in [1.82, 2.24) is 0 Å². The van der Waals surface area contributed by atoms with Gasteiger partial charge in [0.25, 0.3) is 0 Å². The van der Waals surface area contributed by atoms with Crippen molar-refractivity contribution in [2.75, 3.05) is 33.3 Å². The van der Waals surface area contributed by atoms with Gasteiger partial charge in [0.2, 0.25) is 11.7 Å². The molecule has 0 unspecified atom stereocenters. The predicted octanol–water partition coefficient (Wildman–Crippen LogP) is 3.37. The molecule has 146 valence electrons. The average molecular weight is 375 g/mol. The SMILES string of the molecule is CCC(=O)N(Cc1ccc(OC)c(O)c1)c1cc(OC)c(OC)c(OC)c1. The summed E-state index contributed by atoms with van der Waals surface area (Å²) < 4.78 is 21.2. The number of carbonyl (C=O) groups excluding carboxylic acids is 1. The summed E-state index contributed by atoms with van der Waals surface area (Å²) in [5.74, 6) is 1.68. The molecule has 0 saturated heterocycles. The van der Waals surface area contributed by atoms with E-state index in [-0.39, 0.29) is 18.2 Å². The summed E-state index contributed by atoms with van der Waals surface area (Å²) in [5, 5.41) is 10.0. The van der Waals surface area contributed by atoms with Crippen LogP contribution in [-0.2, 0) is 11.3 Å². The summed E-state index contributed by atoms with van der Waals surface area (Å²) in [6.45, 7) is 2.06. The van der Waals surface area contributed by atoms with Crippen LogP contribution in [0.4, 0.5) is 5.69 Å². The van der Waals surface area contributed by atoms with Gasteiger partial charge in [0.05, 0.1) is 40.7 Å². The van der Waals surface area contributed by atoms with Crippen LogP contribution in [0.1, 0.15) is 18.9 Å². The first-order valence-electron chi connectivity index (χ1n) is 8.45. The van der Waals surface area contributed by atoms with E-state index in [0.717, 1.165) is 5.56 Å². The van der Waals surface area contributed by atoms with E-state index >= 15 is 0 Å². The lowest BCUT2D eigenvalue weighted by Crippen LogP contribution is -2.29. The van der Waals surface area contributed by atoms with E-state index in [1.165, 1.54) is 28.4 Å². The molecule has 2 aromatic carbocycles. The highest BCUT2D eigenvalue weighted by Crippen LogP contribution is 2.41. The van der Waals surface area contributed by atoms with Gasteiger partial charge in [0, 0.05) is 18.6 Å². The summed E-state index contributed by atoms with van der Waals surface area (Å²) in [6.07, 6.45) is 0.318. The number of hydrogen-bond acceptors (Lipinski definition) is 6. The Morgan fingerprint density at radius 1 is 0.926 bits per heavy atom. The Labute approximate surface area is 159 Å². The molecule has 0 fully saturated rings. The number of benzene rings is 2. The molecule has 7 nitrogen and oxygen atoms in total. The van der Waals surface area contributed by atoms with Crippen LogP contribution < -0.4 is 23.8 Å². The van der Waals surface area contributed by atoms with Crippen molar-refractivity contribution in [3.63, 3.8) is 0 Å². The molecule has 7 heteroatoms. The Morgan fingerprint density at radius 3 is 1.96 bits per heavy atom. The highest BCUT2D eigenvalue weighted by atomic mass is 16.5. The fourth-order valence-electron chi connectivity index (χ4n) is 2.75. The summed E-state index contributed by atoms with van der Waals surface area (Å²) in [7, 11) is 6.05. The van der Waals surface area contributed by atoms with Crippen molar-refractivity contribution < 1.29 is 28.8 Å². The van der Waals surface area contributed by atoms with Gasteiger partial charge in [-0.3, -0.25) is 4.79 Å². The fraction of sp³-hybridized carbons (Fsp3) is 0.350. The second-order valence-corrected chi connectivity index (χ2v) is 5.72. The number of phenols is 1. The third kappa shape index (κ3) is 4.36. The van der Waals surface area contributed by atoms with E-state index in [2.05, 4.69) is 0 Å². The molecular weight excluding hydrogens is 350 g/mol. The van der Waals surface area contributed by atoms with Crippen LogP contribution in [-0.4, -0.2) is 39.5 Å². The van der Waals surface area contributed by atoms with Gasteiger partial charge in [-0.05, 0) is 17.7 Å². The molecule has 0 aromatic heterocycles. The minimum Gasteiger partial charge on any atom is -0.504 e. The van der Waals surface area contributed by atoms with Crippen LogP contribution in [0.2, 0.25) is 0 Å². The van der Waals surface area contributed by atoms with Gasteiger partial charge in [0.15, 0.2) is 23.0 Å². The molecule has 0 saturated carbocycles. The van der Waals surface area contributed by atoms with E-state index in [1.807, 2.05) is 0 Å². The minimum absolute atomic E-state index is 0.0174. The normalized spacial score (nSPS) is 10.3. The first-order valence-corrected chi connectivity index (χ1v) is 8.45. The van der Waals surface area contributed by atoms with Crippen molar-refractivity contribution in [3.05, 3.63) is 35.9 Å². The molecule has 0 spiro atoms. The van der Waals surface area contributed by atoms with Crippen LogP contribution in [0, 0.1) is 0 Å². The third-order valence-corrected chi connectivity index (χ3v) is 4.15. The van der Waals surface area contributed by atoms with E-state index in [0.29, 0.717) is 35.1 Å². The number of hydrogen-bond donors (Lipinski definition) is 1. The van der Waals surface area contributed by atoms with Crippen LogP contribution >= 0.6 is 0 Å². The highest BCUT2D eigenvalue weighted by Gasteiger charge is 2.21. The van der Waals surface area contributed by atoms with E-state index in [1.54, 1.807) is 42.2 Å². The smallest absolute Gasteiger partial charge is 0.227 e. The van der Waals surface area contributed by atoms with E-state index in [9.17, 15) is 9.90 Å². The Hall–Kier alpha value is -3.09. The number of rotatable bonds is 8. The monoisotopic (exact) mass is 375 g/mol. The lowest BCUT2D eigenvalue weighted by molar-refractivity contribution is -0.118. The van der Waals surface area contributed by atoms with Crippen molar-refractivity contribution in [1.29, 1.82) is 0 Å². The number of nitrogens with zero attached hydrogens (tertiary/aromatic N) is 1. The lowest BCUT2D eigenvalue weighted by Gasteiger charge is -2.25. The lowest BCUT2D eigenvalue weighted by atomic mass is 10.1. The zero-order valence-electron chi connectivity index (χ0n) is 16.2. The van der Waals surface area contributed by atoms with Gasteiger partial charge in [0.1, 0.15) is 0 Å². The van der Waals surface area contributed by atoms with Crippen LogP contribution in [0.25, 0.3) is 0 Å². The predicted molar refractivity (Wildman–Crippen MR) is 102 cm³/mol. The molecule has 0 radical (unpaired) electrons. The maximum Gasteiger partial charge on any atom is 0.227 e. The number of ether oxygens (including phenoxy) is 4. The van der Waals surface area contributed by atoms with Crippen molar-refractivity contribution in [2.45, 2.75) is 19.9 Å². The standard InChI is InChI=1S/C20H25NO6/c1-6-19(23)21(12-13-7-8-16(24-2)15(22)9-13)14-10-17(25-3)20(27-5)18(11-14)26-4/h7-11,22H,6,12H2,1-5H3. The van der Waals surface area contributed by atoms with Crippen LogP contribution in [0.3, 0.4) is 0 Å². The summed E-state index contributed by atoms with van der Waals surface area (Å²) in [4.78, 5) is 14.2. The minimum atomic E-state index is -0.0837. The molecule has 1 N–H and O–H groups in total. The van der Waals surface area contributed by atoms with Crippen molar-refractivity contribution in [2.24, 2.45) is 0 Å². The second-order valence-electron chi connectivity index (χ2n) is 5.72. The molecule has 0 atom stereocenters. The highest BCUT2D eigenvalue weighted by molar-refractivity contribution is 5.94. The van der Waals surface area contributed by atoms with Crippen molar-refractivity contribution in [3.8, 4) is 28.7 Å². The molecule has 2 aromatic rings. The number of anilines is 1. The van der Waals surface area contributed by atoms with Crippen LogP contribution in [0.15, 0.2) is 30.3 Å². The molecule has 0 aliphatic rings. The number of aromatic hydroxyl groups is 1. The maximum atomic E-state index is 12.6. The second kappa shape index (κ2) is 9.02. The summed E-state index contributed by atoms with van der Waals surface area (Å²) in [5.41, 5.74) is 1.36. The molecule has 1 amide bonds. The zero-order chi connectivity index (χ0) is 20.0. The quantitative estimate of drug-likeness (QED) is 0.762. The van der Waals surface area contributed by atoms with Gasteiger partial charge in [-0.15, -0.1) is 0 Å². The molecule has 2 rings (SSSR count). The molecule has 0 heterocycles. The number of methoxy groups -OCH3 is 4. The van der Waals surface area contributed by atoms with Gasteiger partial charge in [-0.1, -0.05) is 13.0 Å². The Kier molecular flexibility index (Phi) is 6.76. The number of phenolic OH excluding ortho intramolecular Hbond substituents is 1. The number of amides is 1. The number of carbonyl (C=O) groups is 1. The Bertz CT molecular complexity index is 780. The Morgan fingerprint density at radius 2 is 1.52 bits per heavy atom. The molecule has 0 aliphatic carbocycles. The van der Waals surface area contributed by atoms with E-state index < -0.39 is 0 Å². The van der Waals surface area contributed by atoms with Gasteiger partial charge >= 0.3 is 0 Å². The largest absolute Gasteiger partial charge is 0.504 e. The summed E-state index contributed by atoms with van der Waals surface area (Å²) in [6, 6.07) is 8.48. The topological polar surface area (TPSA) is 77.5 Å². The van der Waals surface area contributed by atoms with Crippen molar-refractivity contribution >= 4 is 11.6 Å². The molecule has 0 bridgehead atoms. The first-order chi connectivity index (χ1) is 13.0. The fourth-order valence-corrected chi connectivity index (χ4v) is 2.75. The maximum absolute atomic E-state index is 12.6. The average Bonchev–Trinajstić information content (AvgIpc) is 2.70. The van der Waals surface area contributed by atoms with Gasteiger partial charge < -0.3 is 29.0 Å². The van der Waals surface area contributed by atoms with Gasteiger partial charge in [-0.25, -0.2) is 0 Å². The summed E-state index contributed by atoms with van der Waals surface area (Å²) >= 11 is 0. The first kappa shape index (κ1) is 20.2. The molecule has 27 heavy (non-hydrogen) atoms. The third-order valence-electron chi connectivity index (χ3n) is 4.15. The zero-order valence-corrected chi connectivity index (χ0v) is 16.2. The molecular formula is C20H25NO6. The van der Waals surface area contributed by atoms with Crippen LogP contribution in [0.5, 0.6) is 28.7 Å².